The zero-order valence-corrected chi connectivity index (χ0v) is 12.3. The van der Waals surface area contributed by atoms with E-state index in [1.165, 1.54) is 12.1 Å². The Morgan fingerprint density at radius 2 is 2.24 bits per heavy atom. The van der Waals surface area contributed by atoms with Crippen LogP contribution in [0.15, 0.2) is 29.2 Å². The van der Waals surface area contributed by atoms with Crippen LogP contribution in [-0.2, 0) is 14.6 Å². The minimum Gasteiger partial charge on any atom is -0.368 e. The Kier molecular flexibility index (Phi) is 4.60. The molecule has 1 saturated heterocycles. The number of rotatable bonds is 5. The van der Waals surface area contributed by atoms with E-state index >= 15 is 0 Å². The van der Waals surface area contributed by atoms with Gasteiger partial charge in [-0.05, 0) is 37.6 Å². The van der Waals surface area contributed by atoms with Gasteiger partial charge in [0, 0.05) is 6.54 Å². The van der Waals surface area contributed by atoms with Crippen molar-refractivity contribution in [2.45, 2.75) is 23.8 Å². The van der Waals surface area contributed by atoms with Crippen LogP contribution in [0.25, 0.3) is 0 Å². The molecule has 2 N–H and O–H groups in total. The number of nitriles is 1. The number of primary amides is 1. The van der Waals surface area contributed by atoms with Crippen LogP contribution in [0.2, 0.25) is 0 Å². The summed E-state index contributed by atoms with van der Waals surface area (Å²) in [5, 5.41) is 8.82. The van der Waals surface area contributed by atoms with Crippen LogP contribution in [0.4, 0.5) is 0 Å². The third-order valence-electron chi connectivity index (χ3n) is 3.66. The number of likely N-dealkylation sites (tertiary alicyclic amines) is 1. The van der Waals surface area contributed by atoms with Crippen molar-refractivity contribution in [2.75, 3.05) is 18.8 Å². The fourth-order valence-electron chi connectivity index (χ4n) is 2.53. The van der Waals surface area contributed by atoms with Crippen molar-refractivity contribution in [1.29, 1.82) is 5.26 Å². The molecule has 1 atom stereocenters. The number of nitrogens with two attached hydrogens (primary N) is 1. The van der Waals surface area contributed by atoms with Gasteiger partial charge in [0.1, 0.15) is 0 Å². The minimum atomic E-state index is -3.47. The molecule has 1 aromatic rings. The van der Waals surface area contributed by atoms with Gasteiger partial charge in [0.15, 0.2) is 9.84 Å². The average Bonchev–Trinajstić information content (AvgIpc) is 2.94. The molecule has 1 aliphatic rings. The molecular formula is C14H17N3O3S. The summed E-state index contributed by atoms with van der Waals surface area (Å²) in [5.74, 6) is -0.498. The van der Waals surface area contributed by atoms with E-state index in [-0.39, 0.29) is 23.2 Å². The van der Waals surface area contributed by atoms with Gasteiger partial charge in [0.25, 0.3) is 0 Å². The van der Waals surface area contributed by atoms with Gasteiger partial charge in [-0.25, -0.2) is 8.42 Å². The molecule has 0 radical (unpaired) electrons. The first kappa shape index (κ1) is 15.5. The minimum absolute atomic E-state index is 0.0916. The molecule has 6 nitrogen and oxygen atoms in total. The number of hydrogen-bond donors (Lipinski definition) is 1. The second kappa shape index (κ2) is 6.24. The molecule has 1 unspecified atom stereocenters. The number of hydrogen-bond acceptors (Lipinski definition) is 5. The van der Waals surface area contributed by atoms with Crippen molar-refractivity contribution >= 4 is 15.7 Å². The van der Waals surface area contributed by atoms with Gasteiger partial charge in [-0.2, -0.15) is 5.26 Å². The number of benzene rings is 1. The zero-order chi connectivity index (χ0) is 15.5. The molecule has 2 rings (SSSR count). The Bertz CT molecular complexity index is 679. The quantitative estimate of drug-likeness (QED) is 0.841. The first-order valence-corrected chi connectivity index (χ1v) is 8.35. The fourth-order valence-corrected chi connectivity index (χ4v) is 3.83. The number of sulfone groups is 1. The third-order valence-corrected chi connectivity index (χ3v) is 5.35. The maximum Gasteiger partial charge on any atom is 0.234 e. The van der Waals surface area contributed by atoms with Crippen molar-refractivity contribution in [2.24, 2.45) is 5.73 Å². The Labute approximate surface area is 124 Å². The van der Waals surface area contributed by atoms with Crippen LogP contribution >= 0.6 is 0 Å². The molecule has 1 aliphatic heterocycles. The molecule has 1 amide bonds. The second-order valence-electron chi connectivity index (χ2n) is 5.05. The monoisotopic (exact) mass is 307 g/mol. The predicted octanol–water partition coefficient (Wildman–Crippen LogP) is 0.282. The van der Waals surface area contributed by atoms with Crippen LogP contribution in [0.1, 0.15) is 18.4 Å². The molecule has 1 heterocycles. The van der Waals surface area contributed by atoms with Crippen LogP contribution in [-0.4, -0.2) is 44.1 Å². The van der Waals surface area contributed by atoms with E-state index in [2.05, 4.69) is 0 Å². The fraction of sp³-hybridized carbons (Fsp3) is 0.429. The lowest BCUT2D eigenvalue weighted by Crippen LogP contribution is -2.42. The average molecular weight is 307 g/mol. The molecule has 0 saturated carbocycles. The van der Waals surface area contributed by atoms with E-state index in [1.54, 1.807) is 12.1 Å². The number of carbonyl (C=O) groups excluding carboxylic acids is 1. The lowest BCUT2D eigenvalue weighted by Gasteiger charge is -2.21. The largest absolute Gasteiger partial charge is 0.368 e. The van der Waals surface area contributed by atoms with E-state index in [4.69, 9.17) is 11.0 Å². The Morgan fingerprint density at radius 1 is 1.48 bits per heavy atom. The van der Waals surface area contributed by atoms with Crippen molar-refractivity contribution in [3.05, 3.63) is 29.8 Å². The lowest BCUT2D eigenvalue weighted by atomic mass is 10.2. The topological polar surface area (TPSA) is 104 Å². The molecule has 21 heavy (non-hydrogen) atoms. The maximum atomic E-state index is 12.3. The SMILES string of the molecule is N#Cc1cccc(S(=O)(=O)CCN2CCCC2C(N)=O)c1. The van der Waals surface area contributed by atoms with Gasteiger partial charge in [-0.15, -0.1) is 0 Å². The molecule has 1 aromatic carbocycles. The summed E-state index contributed by atoms with van der Waals surface area (Å²) < 4.78 is 24.6. The van der Waals surface area contributed by atoms with Gasteiger partial charge in [0.2, 0.25) is 5.91 Å². The van der Waals surface area contributed by atoms with Gasteiger partial charge in [-0.3, -0.25) is 9.69 Å². The molecule has 112 valence electrons. The van der Waals surface area contributed by atoms with Crippen LogP contribution in [0, 0.1) is 11.3 Å². The Morgan fingerprint density at radius 3 is 2.90 bits per heavy atom. The highest BCUT2D eigenvalue weighted by atomic mass is 32.2. The summed E-state index contributed by atoms with van der Waals surface area (Å²) >= 11 is 0. The smallest absolute Gasteiger partial charge is 0.234 e. The van der Waals surface area contributed by atoms with Crippen LogP contribution in [0.5, 0.6) is 0 Å². The highest BCUT2D eigenvalue weighted by Gasteiger charge is 2.30. The summed E-state index contributed by atoms with van der Waals surface area (Å²) in [6, 6.07) is 7.50. The van der Waals surface area contributed by atoms with E-state index < -0.39 is 15.7 Å². The summed E-state index contributed by atoms with van der Waals surface area (Å²) in [4.78, 5) is 13.2. The Balaban J connectivity index is 2.08. The van der Waals surface area contributed by atoms with E-state index in [0.29, 0.717) is 18.5 Å². The number of nitrogens with zero attached hydrogens (tertiary/aromatic N) is 2. The van der Waals surface area contributed by atoms with E-state index in [0.717, 1.165) is 6.42 Å². The normalized spacial score (nSPS) is 19.3. The lowest BCUT2D eigenvalue weighted by molar-refractivity contribution is -0.122. The van der Waals surface area contributed by atoms with Crippen LogP contribution < -0.4 is 5.73 Å². The number of amides is 1. The highest BCUT2D eigenvalue weighted by Crippen LogP contribution is 2.18. The van der Waals surface area contributed by atoms with Gasteiger partial charge in [-0.1, -0.05) is 6.07 Å². The summed E-state index contributed by atoms with van der Waals surface area (Å²) in [5.41, 5.74) is 5.62. The molecule has 1 fully saturated rings. The van der Waals surface area contributed by atoms with E-state index in [1.807, 2.05) is 11.0 Å². The van der Waals surface area contributed by atoms with Gasteiger partial charge < -0.3 is 5.73 Å². The second-order valence-corrected chi connectivity index (χ2v) is 7.16. The predicted molar refractivity (Wildman–Crippen MR) is 77.0 cm³/mol. The molecule has 0 spiro atoms. The zero-order valence-electron chi connectivity index (χ0n) is 11.5. The standard InChI is InChI=1S/C14H17N3O3S/c15-10-11-3-1-4-12(9-11)21(19,20)8-7-17-6-2-5-13(17)14(16)18/h1,3-4,9,13H,2,5-8H2,(H2,16,18). The van der Waals surface area contributed by atoms with Crippen molar-refractivity contribution in [1.82, 2.24) is 4.90 Å². The van der Waals surface area contributed by atoms with Crippen molar-refractivity contribution in [3.63, 3.8) is 0 Å². The third kappa shape index (κ3) is 3.60. The van der Waals surface area contributed by atoms with Gasteiger partial charge >= 0.3 is 0 Å². The van der Waals surface area contributed by atoms with Crippen molar-refractivity contribution in [3.8, 4) is 6.07 Å². The van der Waals surface area contributed by atoms with E-state index in [9.17, 15) is 13.2 Å². The first-order chi connectivity index (χ1) is 9.94. The van der Waals surface area contributed by atoms with Crippen molar-refractivity contribution < 1.29 is 13.2 Å². The summed E-state index contributed by atoms with van der Waals surface area (Å²) in [7, 11) is -3.47. The summed E-state index contributed by atoms with van der Waals surface area (Å²) in [6.45, 7) is 0.952. The molecule has 7 heteroatoms. The Hall–Kier alpha value is -1.91. The van der Waals surface area contributed by atoms with Crippen LogP contribution in [0.3, 0.4) is 0 Å². The number of carbonyl (C=O) groups is 1. The molecule has 0 aromatic heterocycles. The molecule has 0 bridgehead atoms. The highest BCUT2D eigenvalue weighted by molar-refractivity contribution is 7.91. The molecule has 0 aliphatic carbocycles. The summed E-state index contributed by atoms with van der Waals surface area (Å²) in [6.07, 6.45) is 1.52. The molecular weight excluding hydrogens is 290 g/mol. The maximum absolute atomic E-state index is 12.3. The van der Waals surface area contributed by atoms with Gasteiger partial charge in [0.05, 0.1) is 28.3 Å². The first-order valence-electron chi connectivity index (χ1n) is 6.70.